The van der Waals surface area contributed by atoms with Crippen molar-refractivity contribution in [3.8, 4) is 0 Å². The van der Waals surface area contributed by atoms with E-state index < -0.39 is 12.1 Å². The third-order valence-electron chi connectivity index (χ3n) is 4.32. The Kier molecular flexibility index (Phi) is 4.38. The van der Waals surface area contributed by atoms with Crippen LogP contribution in [-0.4, -0.2) is 42.7 Å². The Morgan fingerprint density at radius 3 is 2.37 bits per heavy atom. The summed E-state index contributed by atoms with van der Waals surface area (Å²) in [5.74, 6) is -1.37. The molecule has 0 bridgehead atoms. The van der Waals surface area contributed by atoms with E-state index in [0.29, 0.717) is 19.4 Å². The van der Waals surface area contributed by atoms with Crippen LogP contribution in [0.1, 0.15) is 32.6 Å². The largest absolute Gasteiger partial charge is 0.391 e. The predicted molar refractivity (Wildman–Crippen MR) is 65.5 cm³/mol. The van der Waals surface area contributed by atoms with E-state index in [-0.39, 0.29) is 30.7 Å². The molecule has 6 heteroatoms. The van der Waals surface area contributed by atoms with Gasteiger partial charge >= 0.3 is 6.18 Å². The smallest absolute Gasteiger partial charge is 0.337 e. The molecule has 3 nitrogen and oxygen atoms in total. The maximum absolute atomic E-state index is 12.6. The van der Waals surface area contributed by atoms with Crippen molar-refractivity contribution in [1.29, 1.82) is 0 Å². The molecule has 0 radical (unpaired) electrons. The average molecular weight is 278 g/mol. The number of carbonyl (C=O) groups is 1. The Morgan fingerprint density at radius 1 is 1.21 bits per heavy atom. The summed E-state index contributed by atoms with van der Waals surface area (Å²) < 4.78 is 37.7. The van der Waals surface area contributed by atoms with E-state index in [1.807, 2.05) is 11.8 Å². The van der Waals surface area contributed by atoms with E-state index in [1.54, 1.807) is 0 Å². The van der Waals surface area contributed by atoms with Crippen molar-refractivity contribution in [2.45, 2.75) is 44.8 Å². The Balaban J connectivity index is 1.88. The van der Waals surface area contributed by atoms with Crippen molar-refractivity contribution in [3.05, 3.63) is 0 Å². The summed E-state index contributed by atoms with van der Waals surface area (Å²) in [7, 11) is 0. The second-order valence-corrected chi connectivity index (χ2v) is 5.67. The van der Waals surface area contributed by atoms with Crippen LogP contribution in [0.25, 0.3) is 0 Å². The van der Waals surface area contributed by atoms with Gasteiger partial charge in [0.1, 0.15) is 0 Å². The van der Waals surface area contributed by atoms with Gasteiger partial charge in [-0.1, -0.05) is 0 Å². The molecule has 1 saturated heterocycles. The van der Waals surface area contributed by atoms with Gasteiger partial charge in [-0.05, 0) is 32.6 Å². The lowest BCUT2D eigenvalue weighted by Crippen LogP contribution is -2.54. The summed E-state index contributed by atoms with van der Waals surface area (Å²) in [6, 6.07) is 0.140. The first-order chi connectivity index (χ1) is 8.89. The molecule has 1 heterocycles. The number of piperazine rings is 1. The van der Waals surface area contributed by atoms with E-state index in [4.69, 9.17) is 0 Å². The number of nitrogens with one attached hydrogen (secondary N) is 1. The molecule has 2 fully saturated rings. The second kappa shape index (κ2) is 5.69. The van der Waals surface area contributed by atoms with Crippen LogP contribution in [0.5, 0.6) is 0 Å². The highest BCUT2D eigenvalue weighted by molar-refractivity contribution is 5.79. The number of nitrogens with zero attached hydrogens (tertiary/aromatic N) is 1. The van der Waals surface area contributed by atoms with Crippen LogP contribution in [-0.2, 0) is 4.79 Å². The van der Waals surface area contributed by atoms with E-state index in [2.05, 4.69) is 5.32 Å². The van der Waals surface area contributed by atoms with Crippen molar-refractivity contribution in [1.82, 2.24) is 10.2 Å². The van der Waals surface area contributed by atoms with Gasteiger partial charge in [0.15, 0.2) is 0 Å². The summed E-state index contributed by atoms with van der Waals surface area (Å²) in [6.45, 7) is 4.18. The third kappa shape index (κ3) is 3.41. The van der Waals surface area contributed by atoms with Crippen LogP contribution in [0.4, 0.5) is 13.2 Å². The van der Waals surface area contributed by atoms with Crippen molar-refractivity contribution in [2.24, 2.45) is 11.8 Å². The quantitative estimate of drug-likeness (QED) is 0.797. The summed E-state index contributed by atoms with van der Waals surface area (Å²) in [5, 5.41) is 3.21. The normalized spacial score (nSPS) is 33.3. The molecule has 2 aliphatic rings. The SMILES string of the molecule is CC1CNCCN1C(=O)C1CCC(C(F)(F)F)CC1. The lowest BCUT2D eigenvalue weighted by atomic mass is 9.81. The molecule has 110 valence electrons. The standard InChI is InChI=1S/C13H21F3N2O/c1-9-8-17-6-7-18(9)12(19)10-2-4-11(5-3-10)13(14,15)16/h9-11,17H,2-8H2,1H3. The zero-order valence-electron chi connectivity index (χ0n) is 11.2. The molecule has 1 amide bonds. The maximum atomic E-state index is 12.6. The summed E-state index contributed by atoms with van der Waals surface area (Å²) in [5.41, 5.74) is 0. The Morgan fingerprint density at radius 2 is 1.84 bits per heavy atom. The molecule has 1 aliphatic heterocycles. The van der Waals surface area contributed by atoms with Crippen LogP contribution in [0, 0.1) is 11.8 Å². The molecule has 0 spiro atoms. The van der Waals surface area contributed by atoms with Gasteiger partial charge in [0.2, 0.25) is 5.91 Å². The first-order valence-electron chi connectivity index (χ1n) is 6.97. The molecule has 0 aromatic carbocycles. The minimum Gasteiger partial charge on any atom is -0.337 e. The lowest BCUT2D eigenvalue weighted by molar-refractivity contribution is -0.185. The van der Waals surface area contributed by atoms with Crippen molar-refractivity contribution >= 4 is 5.91 Å². The van der Waals surface area contributed by atoms with Gasteiger partial charge in [-0.15, -0.1) is 0 Å². The van der Waals surface area contributed by atoms with Crippen LogP contribution in [0.3, 0.4) is 0 Å². The number of hydrogen-bond donors (Lipinski definition) is 1. The van der Waals surface area contributed by atoms with E-state index >= 15 is 0 Å². The predicted octanol–water partition coefficient (Wildman–Crippen LogP) is 2.18. The second-order valence-electron chi connectivity index (χ2n) is 5.67. The first-order valence-corrected chi connectivity index (χ1v) is 6.97. The number of carbonyl (C=O) groups excluding carboxylic acids is 1. The van der Waals surface area contributed by atoms with Crippen molar-refractivity contribution in [2.75, 3.05) is 19.6 Å². The zero-order chi connectivity index (χ0) is 14.0. The maximum Gasteiger partial charge on any atom is 0.391 e. The molecule has 1 aliphatic carbocycles. The highest BCUT2D eigenvalue weighted by Gasteiger charge is 2.43. The fraction of sp³-hybridized carbons (Fsp3) is 0.923. The van der Waals surface area contributed by atoms with E-state index in [0.717, 1.165) is 13.1 Å². The number of hydrogen-bond acceptors (Lipinski definition) is 2. The summed E-state index contributed by atoms with van der Waals surface area (Å²) in [6.07, 6.45) is -3.16. The summed E-state index contributed by atoms with van der Waals surface area (Å²) in [4.78, 5) is 14.2. The molecule has 19 heavy (non-hydrogen) atoms. The van der Waals surface area contributed by atoms with Crippen LogP contribution in [0.15, 0.2) is 0 Å². The molecule has 1 saturated carbocycles. The van der Waals surface area contributed by atoms with Gasteiger partial charge in [0, 0.05) is 31.6 Å². The molecule has 0 aromatic heterocycles. The topological polar surface area (TPSA) is 32.3 Å². The number of halogens is 3. The lowest BCUT2D eigenvalue weighted by Gasteiger charge is -2.38. The first kappa shape index (κ1) is 14.6. The van der Waals surface area contributed by atoms with E-state index in [9.17, 15) is 18.0 Å². The fourth-order valence-corrected chi connectivity index (χ4v) is 3.07. The van der Waals surface area contributed by atoms with Gasteiger partial charge in [-0.25, -0.2) is 0 Å². The van der Waals surface area contributed by atoms with Crippen molar-refractivity contribution < 1.29 is 18.0 Å². The Bertz CT molecular complexity index is 324. The minimum atomic E-state index is -4.10. The number of amides is 1. The molecule has 1 atom stereocenters. The van der Waals surface area contributed by atoms with Crippen LogP contribution < -0.4 is 5.32 Å². The molecular formula is C13H21F3N2O. The minimum absolute atomic E-state index is 0.0506. The van der Waals surface area contributed by atoms with Crippen LogP contribution >= 0.6 is 0 Å². The molecule has 2 rings (SSSR count). The van der Waals surface area contributed by atoms with E-state index in [1.165, 1.54) is 0 Å². The Labute approximate surface area is 111 Å². The molecule has 0 aromatic rings. The molecule has 1 N–H and O–H groups in total. The highest BCUT2D eigenvalue weighted by atomic mass is 19.4. The highest BCUT2D eigenvalue weighted by Crippen LogP contribution is 2.40. The fourth-order valence-electron chi connectivity index (χ4n) is 3.07. The van der Waals surface area contributed by atoms with Gasteiger partial charge in [-0.3, -0.25) is 4.79 Å². The number of rotatable bonds is 1. The molecular weight excluding hydrogens is 257 g/mol. The zero-order valence-corrected chi connectivity index (χ0v) is 11.2. The van der Waals surface area contributed by atoms with Gasteiger partial charge in [-0.2, -0.15) is 13.2 Å². The van der Waals surface area contributed by atoms with Crippen molar-refractivity contribution in [3.63, 3.8) is 0 Å². The monoisotopic (exact) mass is 278 g/mol. The van der Waals surface area contributed by atoms with Gasteiger partial charge in [0.25, 0.3) is 0 Å². The van der Waals surface area contributed by atoms with Crippen LogP contribution in [0.2, 0.25) is 0 Å². The molecule has 1 unspecified atom stereocenters. The Hall–Kier alpha value is -0.780. The van der Waals surface area contributed by atoms with Gasteiger partial charge < -0.3 is 10.2 Å². The number of alkyl halides is 3. The van der Waals surface area contributed by atoms with Gasteiger partial charge in [0.05, 0.1) is 5.92 Å². The average Bonchev–Trinajstić information content (AvgIpc) is 2.38. The third-order valence-corrected chi connectivity index (χ3v) is 4.32. The summed E-state index contributed by atoms with van der Waals surface area (Å²) >= 11 is 0.